The summed E-state index contributed by atoms with van der Waals surface area (Å²) >= 11 is 0. The largest absolute Gasteiger partial charge is 0.454 e. The molecule has 27 heavy (non-hydrogen) atoms. The summed E-state index contributed by atoms with van der Waals surface area (Å²) in [5.41, 5.74) is 3.74. The molecule has 0 saturated carbocycles. The highest BCUT2D eigenvalue weighted by molar-refractivity contribution is 5.98. The third-order valence-corrected chi connectivity index (χ3v) is 4.06. The summed E-state index contributed by atoms with van der Waals surface area (Å²) in [4.78, 5) is 25.0. The van der Waals surface area contributed by atoms with Crippen molar-refractivity contribution in [3.05, 3.63) is 59.7 Å². The van der Waals surface area contributed by atoms with Gasteiger partial charge in [-0.15, -0.1) is 0 Å². The molecule has 3 rings (SSSR count). The number of fused-ring (bicyclic) bond motifs is 1. The molecule has 1 atom stereocenters. The molecule has 0 aliphatic carbocycles. The molecule has 2 aromatic rings. The summed E-state index contributed by atoms with van der Waals surface area (Å²) in [6.07, 6.45) is 1.55. The Bertz CT molecular complexity index is 850. The van der Waals surface area contributed by atoms with Gasteiger partial charge in [-0.05, 0) is 29.7 Å². The average molecular weight is 367 g/mol. The first-order valence-electron chi connectivity index (χ1n) is 8.63. The van der Waals surface area contributed by atoms with E-state index in [-0.39, 0.29) is 24.5 Å². The number of hydrogen-bond donors (Lipinski definition) is 2. The maximum Gasteiger partial charge on any atom is 0.262 e. The standard InChI is InChI=1S/C20H21N3O4/c1-13(2)18(20(25)23-21-11-14-6-4-3-5-7-14)22-19(24)15-8-9-16-17(10-15)27-12-26-16/h3-11,13,18H,12H2,1-2H3,(H,22,24)(H,23,25)/b21-11-/t18-/m0/s1. The predicted molar refractivity (Wildman–Crippen MR) is 101 cm³/mol. The zero-order valence-corrected chi connectivity index (χ0v) is 15.1. The highest BCUT2D eigenvalue weighted by Gasteiger charge is 2.25. The molecule has 1 aliphatic rings. The minimum atomic E-state index is -0.726. The van der Waals surface area contributed by atoms with Gasteiger partial charge in [0.05, 0.1) is 6.21 Å². The topological polar surface area (TPSA) is 89.0 Å². The number of amides is 2. The first-order chi connectivity index (χ1) is 13.0. The van der Waals surface area contributed by atoms with Crippen LogP contribution in [0.5, 0.6) is 11.5 Å². The monoisotopic (exact) mass is 367 g/mol. The maximum atomic E-state index is 12.5. The zero-order chi connectivity index (χ0) is 19.2. The van der Waals surface area contributed by atoms with Crippen molar-refractivity contribution in [2.45, 2.75) is 19.9 Å². The first-order valence-corrected chi connectivity index (χ1v) is 8.63. The molecule has 0 saturated heterocycles. The Morgan fingerprint density at radius 3 is 2.56 bits per heavy atom. The predicted octanol–water partition coefficient (Wildman–Crippen LogP) is 2.32. The Kier molecular flexibility index (Phi) is 5.71. The number of benzene rings is 2. The summed E-state index contributed by atoms with van der Waals surface area (Å²) in [5, 5.41) is 6.71. The van der Waals surface area contributed by atoms with E-state index in [1.807, 2.05) is 44.2 Å². The molecule has 140 valence electrons. The quantitative estimate of drug-likeness (QED) is 0.606. The Hall–Kier alpha value is -3.35. The van der Waals surface area contributed by atoms with E-state index >= 15 is 0 Å². The lowest BCUT2D eigenvalue weighted by Gasteiger charge is -2.20. The molecular weight excluding hydrogens is 346 g/mol. The lowest BCUT2D eigenvalue weighted by Crippen LogP contribution is -2.48. The second kappa shape index (κ2) is 8.35. The van der Waals surface area contributed by atoms with Crippen LogP contribution >= 0.6 is 0 Å². The summed E-state index contributed by atoms with van der Waals surface area (Å²) in [7, 11) is 0. The van der Waals surface area contributed by atoms with Crippen LogP contribution in [0.25, 0.3) is 0 Å². The van der Waals surface area contributed by atoms with Crippen LogP contribution < -0.4 is 20.2 Å². The van der Waals surface area contributed by atoms with Crippen molar-refractivity contribution >= 4 is 18.0 Å². The fourth-order valence-electron chi connectivity index (χ4n) is 2.58. The molecule has 0 spiro atoms. The van der Waals surface area contributed by atoms with Gasteiger partial charge in [-0.25, -0.2) is 5.43 Å². The van der Waals surface area contributed by atoms with Gasteiger partial charge in [-0.3, -0.25) is 9.59 Å². The van der Waals surface area contributed by atoms with E-state index in [1.54, 1.807) is 24.4 Å². The molecule has 7 heteroatoms. The van der Waals surface area contributed by atoms with E-state index in [9.17, 15) is 9.59 Å². The van der Waals surface area contributed by atoms with Crippen molar-refractivity contribution in [2.75, 3.05) is 6.79 Å². The minimum Gasteiger partial charge on any atom is -0.454 e. The highest BCUT2D eigenvalue weighted by atomic mass is 16.7. The van der Waals surface area contributed by atoms with Crippen LogP contribution in [-0.4, -0.2) is 30.9 Å². The molecule has 0 fully saturated rings. The fourth-order valence-corrected chi connectivity index (χ4v) is 2.58. The summed E-state index contributed by atoms with van der Waals surface area (Å²) in [6.45, 7) is 3.84. The number of rotatable bonds is 6. The van der Waals surface area contributed by atoms with Gasteiger partial charge >= 0.3 is 0 Å². The van der Waals surface area contributed by atoms with E-state index in [4.69, 9.17) is 9.47 Å². The van der Waals surface area contributed by atoms with Crippen LogP contribution in [0.1, 0.15) is 29.8 Å². The van der Waals surface area contributed by atoms with Crippen LogP contribution in [-0.2, 0) is 4.79 Å². The highest BCUT2D eigenvalue weighted by Crippen LogP contribution is 2.32. The van der Waals surface area contributed by atoms with E-state index in [0.717, 1.165) is 5.56 Å². The lowest BCUT2D eigenvalue weighted by molar-refractivity contribution is -0.123. The number of carbonyl (C=O) groups excluding carboxylic acids is 2. The second-order valence-electron chi connectivity index (χ2n) is 6.41. The molecule has 1 heterocycles. The smallest absolute Gasteiger partial charge is 0.262 e. The van der Waals surface area contributed by atoms with Gasteiger partial charge in [0, 0.05) is 5.56 Å². The lowest BCUT2D eigenvalue weighted by atomic mass is 10.0. The zero-order valence-electron chi connectivity index (χ0n) is 15.1. The number of ether oxygens (including phenoxy) is 2. The normalized spacial score (nSPS) is 13.6. The van der Waals surface area contributed by atoms with Crippen molar-refractivity contribution in [3.8, 4) is 11.5 Å². The number of hydrazone groups is 1. The number of nitrogens with zero attached hydrogens (tertiary/aromatic N) is 1. The Labute approximate surface area is 157 Å². The van der Waals surface area contributed by atoms with E-state index in [0.29, 0.717) is 17.1 Å². The van der Waals surface area contributed by atoms with Crippen LogP contribution in [0, 0.1) is 5.92 Å². The second-order valence-corrected chi connectivity index (χ2v) is 6.41. The molecule has 2 N–H and O–H groups in total. The fraction of sp³-hybridized carbons (Fsp3) is 0.250. The van der Waals surface area contributed by atoms with Gasteiger partial charge in [-0.1, -0.05) is 44.2 Å². The van der Waals surface area contributed by atoms with Crippen molar-refractivity contribution in [1.29, 1.82) is 0 Å². The van der Waals surface area contributed by atoms with E-state index < -0.39 is 6.04 Å². The third kappa shape index (κ3) is 4.63. The van der Waals surface area contributed by atoms with Gasteiger partial charge in [0.1, 0.15) is 6.04 Å². The molecule has 0 unspecified atom stereocenters. The maximum absolute atomic E-state index is 12.5. The molecule has 2 amide bonds. The van der Waals surface area contributed by atoms with Crippen LogP contribution in [0.15, 0.2) is 53.6 Å². The van der Waals surface area contributed by atoms with Gasteiger partial charge in [-0.2, -0.15) is 5.10 Å². The van der Waals surface area contributed by atoms with Gasteiger partial charge in [0.15, 0.2) is 11.5 Å². The van der Waals surface area contributed by atoms with Gasteiger partial charge in [0.25, 0.3) is 11.8 Å². The van der Waals surface area contributed by atoms with Crippen molar-refractivity contribution in [2.24, 2.45) is 11.0 Å². The van der Waals surface area contributed by atoms with Crippen LogP contribution in [0.2, 0.25) is 0 Å². The van der Waals surface area contributed by atoms with Gasteiger partial charge in [0.2, 0.25) is 6.79 Å². The molecule has 2 aromatic carbocycles. The SMILES string of the molecule is CC(C)[C@H](NC(=O)c1ccc2c(c1)OCO2)C(=O)N/N=C\c1ccccc1. The minimum absolute atomic E-state index is 0.116. The molecule has 0 aromatic heterocycles. The molecule has 0 radical (unpaired) electrons. The summed E-state index contributed by atoms with van der Waals surface area (Å²) < 4.78 is 10.5. The van der Waals surface area contributed by atoms with Gasteiger partial charge < -0.3 is 14.8 Å². The van der Waals surface area contributed by atoms with Crippen molar-refractivity contribution < 1.29 is 19.1 Å². The van der Waals surface area contributed by atoms with Crippen molar-refractivity contribution in [3.63, 3.8) is 0 Å². The van der Waals surface area contributed by atoms with Crippen LogP contribution in [0.4, 0.5) is 0 Å². The molecule has 1 aliphatic heterocycles. The summed E-state index contributed by atoms with van der Waals surface area (Å²) in [6, 6.07) is 13.6. The van der Waals surface area contributed by atoms with Crippen LogP contribution in [0.3, 0.4) is 0 Å². The molecule has 7 nitrogen and oxygen atoms in total. The number of nitrogens with one attached hydrogen (secondary N) is 2. The Morgan fingerprint density at radius 1 is 1.07 bits per heavy atom. The third-order valence-electron chi connectivity index (χ3n) is 4.06. The van der Waals surface area contributed by atoms with E-state index in [2.05, 4.69) is 15.8 Å². The average Bonchev–Trinajstić information content (AvgIpc) is 3.14. The Balaban J connectivity index is 1.63. The number of hydrogen-bond acceptors (Lipinski definition) is 5. The van der Waals surface area contributed by atoms with E-state index in [1.165, 1.54) is 0 Å². The molecule has 0 bridgehead atoms. The summed E-state index contributed by atoms with van der Waals surface area (Å²) in [5.74, 6) is 0.246. The number of carbonyl (C=O) groups is 2. The first kappa shape index (κ1) is 18.4. The Morgan fingerprint density at radius 2 is 1.81 bits per heavy atom. The van der Waals surface area contributed by atoms with Crippen molar-refractivity contribution in [1.82, 2.24) is 10.7 Å². The molecular formula is C20H21N3O4.